The fraction of sp³-hybridized carbons (Fsp3) is 0.263. The summed E-state index contributed by atoms with van der Waals surface area (Å²) < 4.78 is 10.3. The summed E-state index contributed by atoms with van der Waals surface area (Å²) in [6.07, 6.45) is 0.631. The lowest BCUT2D eigenvalue weighted by molar-refractivity contribution is -0.114. The highest BCUT2D eigenvalue weighted by Crippen LogP contribution is 2.25. The molecule has 0 aliphatic rings. The smallest absolute Gasteiger partial charge is 0.251 e. The van der Waals surface area contributed by atoms with Gasteiger partial charge in [-0.3, -0.25) is 9.59 Å². The van der Waals surface area contributed by atoms with E-state index in [4.69, 9.17) is 9.47 Å². The van der Waals surface area contributed by atoms with Gasteiger partial charge in [-0.1, -0.05) is 12.1 Å². The van der Waals surface area contributed by atoms with Crippen molar-refractivity contribution in [2.75, 3.05) is 26.1 Å². The van der Waals surface area contributed by atoms with E-state index in [2.05, 4.69) is 10.6 Å². The van der Waals surface area contributed by atoms with Crippen LogP contribution in [0.1, 0.15) is 22.8 Å². The van der Waals surface area contributed by atoms with Crippen molar-refractivity contribution in [1.29, 1.82) is 0 Å². The first kappa shape index (κ1) is 18.3. The number of ether oxygens (including phenoxy) is 2. The predicted octanol–water partition coefficient (Wildman–Crippen LogP) is 2.63. The molecule has 2 N–H and O–H groups in total. The Kier molecular flexibility index (Phi) is 6.39. The van der Waals surface area contributed by atoms with E-state index in [1.165, 1.54) is 6.92 Å². The Morgan fingerprint density at radius 2 is 1.84 bits per heavy atom. The Morgan fingerprint density at radius 3 is 2.52 bits per heavy atom. The molecule has 0 spiro atoms. The summed E-state index contributed by atoms with van der Waals surface area (Å²) in [7, 11) is 3.11. The summed E-state index contributed by atoms with van der Waals surface area (Å²) in [6, 6.07) is 12.5. The molecule has 0 radical (unpaired) electrons. The lowest BCUT2D eigenvalue weighted by Crippen LogP contribution is -2.25. The second-order valence-corrected chi connectivity index (χ2v) is 5.45. The zero-order valence-corrected chi connectivity index (χ0v) is 14.6. The maximum Gasteiger partial charge on any atom is 0.251 e. The van der Waals surface area contributed by atoms with E-state index >= 15 is 0 Å². The molecule has 0 aliphatic heterocycles. The molecule has 6 nitrogen and oxygen atoms in total. The van der Waals surface area contributed by atoms with Crippen molar-refractivity contribution in [2.45, 2.75) is 13.3 Å². The third-order valence-electron chi connectivity index (χ3n) is 3.61. The Labute approximate surface area is 147 Å². The Morgan fingerprint density at radius 1 is 1.04 bits per heavy atom. The highest BCUT2D eigenvalue weighted by atomic mass is 16.5. The van der Waals surface area contributed by atoms with Crippen LogP contribution in [0.25, 0.3) is 0 Å². The molecule has 132 valence electrons. The van der Waals surface area contributed by atoms with E-state index < -0.39 is 0 Å². The molecule has 2 aromatic carbocycles. The number of methoxy groups -OCH3 is 2. The van der Waals surface area contributed by atoms with Gasteiger partial charge in [-0.25, -0.2) is 0 Å². The molecule has 2 rings (SSSR count). The van der Waals surface area contributed by atoms with Crippen molar-refractivity contribution in [1.82, 2.24) is 5.32 Å². The van der Waals surface area contributed by atoms with Gasteiger partial charge in [0.2, 0.25) is 5.91 Å². The van der Waals surface area contributed by atoms with E-state index in [0.717, 1.165) is 5.56 Å². The number of benzene rings is 2. The normalized spacial score (nSPS) is 10.0. The topological polar surface area (TPSA) is 76.7 Å². The van der Waals surface area contributed by atoms with Crippen molar-refractivity contribution < 1.29 is 19.1 Å². The van der Waals surface area contributed by atoms with Crippen LogP contribution in [0.15, 0.2) is 42.5 Å². The molecular formula is C19H22N2O4. The number of anilines is 1. The Bertz CT molecular complexity index is 759. The first-order valence-electron chi connectivity index (χ1n) is 7.90. The number of carbonyl (C=O) groups is 2. The molecule has 0 bridgehead atoms. The molecule has 2 aromatic rings. The molecule has 25 heavy (non-hydrogen) atoms. The van der Waals surface area contributed by atoms with E-state index in [1.807, 2.05) is 12.1 Å². The number of rotatable bonds is 7. The van der Waals surface area contributed by atoms with Crippen LogP contribution in [0.2, 0.25) is 0 Å². The Balaban J connectivity index is 1.96. The lowest BCUT2D eigenvalue weighted by atomic mass is 10.1. The van der Waals surface area contributed by atoms with Gasteiger partial charge in [-0.2, -0.15) is 0 Å². The molecule has 0 aromatic heterocycles. The zero-order valence-electron chi connectivity index (χ0n) is 14.6. The van der Waals surface area contributed by atoms with E-state index in [0.29, 0.717) is 35.7 Å². The van der Waals surface area contributed by atoms with Gasteiger partial charge in [0, 0.05) is 19.0 Å². The van der Waals surface area contributed by atoms with Gasteiger partial charge in [0.25, 0.3) is 5.91 Å². The minimum atomic E-state index is -0.165. The number of amides is 2. The summed E-state index contributed by atoms with van der Waals surface area (Å²) in [5.41, 5.74) is 2.15. The second kappa shape index (κ2) is 8.73. The van der Waals surface area contributed by atoms with Crippen molar-refractivity contribution in [3.63, 3.8) is 0 Å². The molecule has 0 heterocycles. The van der Waals surface area contributed by atoms with Gasteiger partial charge < -0.3 is 20.1 Å². The van der Waals surface area contributed by atoms with Gasteiger partial charge in [0.15, 0.2) is 0 Å². The molecule has 0 saturated carbocycles. The number of hydrogen-bond acceptors (Lipinski definition) is 4. The van der Waals surface area contributed by atoms with Crippen molar-refractivity contribution >= 4 is 17.5 Å². The summed E-state index contributed by atoms with van der Waals surface area (Å²) in [5.74, 6) is 0.915. The van der Waals surface area contributed by atoms with Crippen LogP contribution in [0.5, 0.6) is 11.5 Å². The lowest BCUT2D eigenvalue weighted by Gasteiger charge is -2.11. The maximum atomic E-state index is 12.2. The van der Waals surface area contributed by atoms with Gasteiger partial charge in [-0.15, -0.1) is 0 Å². The molecule has 6 heteroatoms. The minimum absolute atomic E-state index is 0.158. The largest absolute Gasteiger partial charge is 0.497 e. The quantitative estimate of drug-likeness (QED) is 0.811. The van der Waals surface area contributed by atoms with Gasteiger partial charge in [0.1, 0.15) is 11.5 Å². The monoisotopic (exact) mass is 342 g/mol. The maximum absolute atomic E-state index is 12.2. The van der Waals surface area contributed by atoms with E-state index in [1.54, 1.807) is 44.6 Å². The van der Waals surface area contributed by atoms with Gasteiger partial charge in [0.05, 0.1) is 19.9 Å². The van der Waals surface area contributed by atoms with Crippen LogP contribution in [0.4, 0.5) is 5.69 Å². The molecule has 0 atom stereocenters. The van der Waals surface area contributed by atoms with Gasteiger partial charge >= 0.3 is 0 Å². The van der Waals surface area contributed by atoms with Crippen LogP contribution in [0, 0.1) is 0 Å². The summed E-state index contributed by atoms with van der Waals surface area (Å²) in [6.45, 7) is 1.92. The predicted molar refractivity (Wildman–Crippen MR) is 96.3 cm³/mol. The average molecular weight is 342 g/mol. The summed E-state index contributed by atoms with van der Waals surface area (Å²) in [5, 5.41) is 5.61. The van der Waals surface area contributed by atoms with Crippen LogP contribution < -0.4 is 20.1 Å². The van der Waals surface area contributed by atoms with Crippen molar-refractivity contribution in [2.24, 2.45) is 0 Å². The SMILES string of the molecule is COc1cccc(C(=O)NCCc2ccc(OC)c(NC(C)=O)c2)c1. The van der Waals surface area contributed by atoms with Crippen molar-refractivity contribution in [3.05, 3.63) is 53.6 Å². The highest BCUT2D eigenvalue weighted by Gasteiger charge is 2.08. The molecule has 0 fully saturated rings. The van der Waals surface area contributed by atoms with Crippen molar-refractivity contribution in [3.8, 4) is 11.5 Å². The van der Waals surface area contributed by atoms with E-state index in [-0.39, 0.29) is 11.8 Å². The minimum Gasteiger partial charge on any atom is -0.497 e. The molecule has 0 unspecified atom stereocenters. The van der Waals surface area contributed by atoms with Crippen LogP contribution in [0.3, 0.4) is 0 Å². The molecule has 0 aliphatic carbocycles. The van der Waals surface area contributed by atoms with Crippen LogP contribution >= 0.6 is 0 Å². The summed E-state index contributed by atoms with van der Waals surface area (Å²) >= 11 is 0. The Hall–Kier alpha value is -3.02. The number of hydrogen-bond donors (Lipinski definition) is 2. The van der Waals surface area contributed by atoms with Crippen LogP contribution in [-0.2, 0) is 11.2 Å². The first-order valence-corrected chi connectivity index (χ1v) is 7.90. The fourth-order valence-electron chi connectivity index (χ4n) is 2.38. The van der Waals surface area contributed by atoms with Crippen LogP contribution in [-0.4, -0.2) is 32.6 Å². The number of carbonyl (C=O) groups excluding carboxylic acids is 2. The third-order valence-corrected chi connectivity index (χ3v) is 3.61. The zero-order chi connectivity index (χ0) is 18.2. The summed E-state index contributed by atoms with van der Waals surface area (Å²) in [4.78, 5) is 23.4. The highest BCUT2D eigenvalue weighted by molar-refractivity contribution is 5.94. The number of nitrogens with one attached hydrogen (secondary N) is 2. The molecule has 2 amide bonds. The molecular weight excluding hydrogens is 320 g/mol. The third kappa shape index (κ3) is 5.24. The van der Waals surface area contributed by atoms with E-state index in [9.17, 15) is 9.59 Å². The average Bonchev–Trinajstić information content (AvgIpc) is 2.61. The fourth-order valence-corrected chi connectivity index (χ4v) is 2.38. The standard InChI is InChI=1S/C19H22N2O4/c1-13(22)21-17-11-14(7-8-18(17)25-3)9-10-20-19(23)15-5-4-6-16(12-15)24-2/h4-8,11-12H,9-10H2,1-3H3,(H,20,23)(H,21,22). The van der Waals surface area contributed by atoms with Gasteiger partial charge in [-0.05, 0) is 42.3 Å². The first-order chi connectivity index (χ1) is 12.0. The molecule has 0 saturated heterocycles. The second-order valence-electron chi connectivity index (χ2n) is 5.45.